The zero-order chi connectivity index (χ0) is 13.8. The number of aryl methyl sites for hydroxylation is 1. The summed E-state index contributed by atoms with van der Waals surface area (Å²) in [6.45, 7) is 1.85. The number of hydrogen-bond donors (Lipinski definition) is 2. The molecule has 2 rings (SSSR count). The fourth-order valence-corrected chi connectivity index (χ4v) is 1.70. The van der Waals surface area contributed by atoms with Gasteiger partial charge < -0.3 is 15.2 Å². The minimum Gasteiger partial charge on any atom is -0.360 e. The van der Waals surface area contributed by atoms with Crippen molar-refractivity contribution in [2.45, 2.75) is 6.92 Å². The lowest BCUT2D eigenvalue weighted by atomic mass is 10.3. The number of anilines is 2. The van der Waals surface area contributed by atoms with Crippen molar-refractivity contribution < 1.29 is 9.32 Å². The Morgan fingerprint density at radius 3 is 2.74 bits per heavy atom. The summed E-state index contributed by atoms with van der Waals surface area (Å²) in [7, 11) is 0. The van der Waals surface area contributed by atoms with Gasteiger partial charge in [-0.1, -0.05) is 28.4 Å². The molecule has 0 aliphatic rings. The van der Waals surface area contributed by atoms with E-state index in [1.807, 2.05) is 0 Å². The molecule has 19 heavy (non-hydrogen) atoms. The summed E-state index contributed by atoms with van der Waals surface area (Å²) in [4.78, 5) is 11.7. The zero-order valence-electron chi connectivity index (χ0n) is 10.0. The van der Waals surface area contributed by atoms with Crippen molar-refractivity contribution in [3.8, 4) is 0 Å². The molecule has 0 saturated heterocycles. The summed E-state index contributed by atoms with van der Waals surface area (Å²) in [6.07, 6.45) is 0. The van der Waals surface area contributed by atoms with E-state index in [9.17, 15) is 4.79 Å². The third-order valence-corrected chi connectivity index (χ3v) is 3.00. The van der Waals surface area contributed by atoms with Crippen LogP contribution < -0.4 is 10.6 Å². The van der Waals surface area contributed by atoms with Gasteiger partial charge in [0.2, 0.25) is 5.91 Å². The maximum absolute atomic E-state index is 11.7. The largest absolute Gasteiger partial charge is 0.360 e. The Balaban J connectivity index is 1.88. The number of rotatable bonds is 4. The molecule has 2 aromatic rings. The van der Waals surface area contributed by atoms with Gasteiger partial charge in [-0.25, -0.2) is 0 Å². The molecule has 1 heterocycles. The van der Waals surface area contributed by atoms with Crippen LogP contribution in [0.15, 0.2) is 28.8 Å². The first-order valence-electron chi connectivity index (χ1n) is 5.46. The highest BCUT2D eigenvalue weighted by Crippen LogP contribution is 2.24. The molecule has 1 aromatic heterocycles. The SMILES string of the molecule is Cc1cc(NCC(=O)Nc2ccc(Cl)c(Cl)c2)no1. The Bertz CT molecular complexity index is 598. The topological polar surface area (TPSA) is 67.2 Å². The second-order valence-corrected chi connectivity index (χ2v) is 4.67. The van der Waals surface area contributed by atoms with Gasteiger partial charge in [0.15, 0.2) is 5.82 Å². The lowest BCUT2D eigenvalue weighted by Gasteiger charge is -2.06. The standard InChI is InChI=1S/C12H11Cl2N3O2/c1-7-4-11(17-19-7)15-6-12(18)16-8-2-3-9(13)10(14)5-8/h2-5H,6H2,1H3,(H,15,17)(H,16,18). The number of halogens is 2. The van der Waals surface area contributed by atoms with Crippen molar-refractivity contribution in [3.63, 3.8) is 0 Å². The van der Waals surface area contributed by atoms with E-state index < -0.39 is 0 Å². The van der Waals surface area contributed by atoms with Gasteiger partial charge in [-0.05, 0) is 25.1 Å². The van der Waals surface area contributed by atoms with Gasteiger partial charge in [-0.15, -0.1) is 0 Å². The van der Waals surface area contributed by atoms with Crippen molar-refractivity contribution in [1.29, 1.82) is 0 Å². The van der Waals surface area contributed by atoms with Crippen LogP contribution in [0.2, 0.25) is 10.0 Å². The van der Waals surface area contributed by atoms with Crippen LogP contribution in [0.5, 0.6) is 0 Å². The predicted molar refractivity (Wildman–Crippen MR) is 74.8 cm³/mol. The molecule has 1 amide bonds. The number of carbonyl (C=O) groups is 1. The van der Waals surface area contributed by atoms with E-state index in [-0.39, 0.29) is 12.5 Å². The summed E-state index contributed by atoms with van der Waals surface area (Å²) in [6, 6.07) is 6.58. The first-order valence-corrected chi connectivity index (χ1v) is 6.22. The van der Waals surface area contributed by atoms with Crippen LogP contribution in [-0.2, 0) is 4.79 Å². The molecule has 0 aliphatic heterocycles. The van der Waals surface area contributed by atoms with Crippen molar-refractivity contribution >= 4 is 40.6 Å². The summed E-state index contributed by atoms with van der Waals surface area (Å²) >= 11 is 11.6. The average Bonchev–Trinajstić information content (AvgIpc) is 2.77. The van der Waals surface area contributed by atoms with Gasteiger partial charge in [-0.3, -0.25) is 4.79 Å². The first kappa shape index (κ1) is 13.7. The van der Waals surface area contributed by atoms with Crippen LogP contribution in [0.4, 0.5) is 11.5 Å². The van der Waals surface area contributed by atoms with Gasteiger partial charge >= 0.3 is 0 Å². The van der Waals surface area contributed by atoms with Crippen LogP contribution in [0.25, 0.3) is 0 Å². The molecule has 0 bridgehead atoms. The molecule has 0 saturated carbocycles. The van der Waals surface area contributed by atoms with Crippen LogP contribution >= 0.6 is 23.2 Å². The minimum atomic E-state index is -0.223. The Kier molecular flexibility index (Phi) is 4.29. The maximum atomic E-state index is 11.7. The van der Waals surface area contributed by atoms with Crippen LogP contribution in [0.3, 0.4) is 0 Å². The number of nitrogens with one attached hydrogen (secondary N) is 2. The van der Waals surface area contributed by atoms with Crippen LogP contribution in [-0.4, -0.2) is 17.6 Å². The quantitative estimate of drug-likeness (QED) is 0.908. The van der Waals surface area contributed by atoms with Gasteiger partial charge in [0, 0.05) is 11.8 Å². The first-order chi connectivity index (χ1) is 9.04. The van der Waals surface area contributed by atoms with Gasteiger partial charge in [0.25, 0.3) is 0 Å². The number of hydrogen-bond acceptors (Lipinski definition) is 4. The predicted octanol–water partition coefficient (Wildman–Crippen LogP) is 3.34. The summed E-state index contributed by atoms with van der Waals surface area (Å²) in [5, 5.41) is 10.1. The Morgan fingerprint density at radius 1 is 1.32 bits per heavy atom. The van der Waals surface area contributed by atoms with E-state index in [1.54, 1.807) is 31.2 Å². The van der Waals surface area contributed by atoms with Crippen molar-refractivity contribution in [1.82, 2.24) is 5.16 Å². The van der Waals surface area contributed by atoms with E-state index in [2.05, 4.69) is 15.8 Å². The smallest absolute Gasteiger partial charge is 0.243 e. The fourth-order valence-electron chi connectivity index (χ4n) is 1.40. The van der Waals surface area contributed by atoms with Crippen LogP contribution in [0.1, 0.15) is 5.76 Å². The fraction of sp³-hybridized carbons (Fsp3) is 0.167. The minimum absolute atomic E-state index is 0.0756. The molecule has 0 aliphatic carbocycles. The van der Waals surface area contributed by atoms with Crippen molar-refractivity contribution in [2.24, 2.45) is 0 Å². The van der Waals surface area contributed by atoms with Gasteiger partial charge in [-0.2, -0.15) is 0 Å². The second-order valence-electron chi connectivity index (χ2n) is 3.85. The third kappa shape index (κ3) is 3.87. The molecule has 100 valence electrons. The zero-order valence-corrected chi connectivity index (χ0v) is 11.5. The molecule has 2 N–H and O–H groups in total. The molecular formula is C12H11Cl2N3O2. The highest BCUT2D eigenvalue weighted by Gasteiger charge is 2.06. The molecule has 0 fully saturated rings. The summed E-state index contributed by atoms with van der Waals surface area (Å²) < 4.78 is 4.87. The Hall–Kier alpha value is -1.72. The number of nitrogens with zero attached hydrogens (tertiary/aromatic N) is 1. The number of benzene rings is 1. The molecule has 7 heteroatoms. The molecule has 0 unspecified atom stereocenters. The summed E-state index contributed by atoms with van der Waals surface area (Å²) in [5.74, 6) is 0.966. The van der Waals surface area contributed by atoms with Gasteiger partial charge in [0.1, 0.15) is 5.76 Å². The van der Waals surface area contributed by atoms with Crippen molar-refractivity contribution in [3.05, 3.63) is 40.1 Å². The maximum Gasteiger partial charge on any atom is 0.243 e. The Morgan fingerprint density at radius 2 is 2.11 bits per heavy atom. The number of aromatic nitrogens is 1. The molecule has 0 radical (unpaired) electrons. The number of amides is 1. The molecule has 1 aromatic carbocycles. The third-order valence-electron chi connectivity index (χ3n) is 2.26. The highest BCUT2D eigenvalue weighted by molar-refractivity contribution is 6.42. The van der Waals surface area contributed by atoms with E-state index in [0.717, 1.165) is 0 Å². The van der Waals surface area contributed by atoms with Crippen molar-refractivity contribution in [2.75, 3.05) is 17.2 Å². The van der Waals surface area contributed by atoms with E-state index >= 15 is 0 Å². The lowest BCUT2D eigenvalue weighted by molar-refractivity contribution is -0.114. The monoisotopic (exact) mass is 299 g/mol. The molecular weight excluding hydrogens is 289 g/mol. The normalized spacial score (nSPS) is 10.3. The lowest BCUT2D eigenvalue weighted by Crippen LogP contribution is -2.21. The highest BCUT2D eigenvalue weighted by atomic mass is 35.5. The average molecular weight is 300 g/mol. The van der Waals surface area contributed by atoms with Gasteiger partial charge in [0.05, 0.1) is 16.6 Å². The summed E-state index contributed by atoms with van der Waals surface area (Å²) in [5.41, 5.74) is 0.581. The van der Waals surface area contributed by atoms with E-state index in [1.165, 1.54) is 0 Å². The Labute approximate surface area is 119 Å². The van der Waals surface area contributed by atoms with E-state index in [4.69, 9.17) is 27.7 Å². The molecule has 0 atom stereocenters. The van der Waals surface area contributed by atoms with E-state index in [0.29, 0.717) is 27.3 Å². The number of carbonyl (C=O) groups excluding carboxylic acids is 1. The van der Waals surface area contributed by atoms with Crippen LogP contribution in [0, 0.1) is 6.92 Å². The molecule has 0 spiro atoms. The molecule has 5 nitrogen and oxygen atoms in total. The second kappa shape index (κ2) is 5.95.